The highest BCUT2D eigenvalue weighted by Gasteiger charge is 2.30. The molecule has 0 atom stereocenters. The van der Waals surface area contributed by atoms with Gasteiger partial charge < -0.3 is 19.7 Å². The van der Waals surface area contributed by atoms with Gasteiger partial charge in [0.25, 0.3) is 0 Å². The molecular weight excluding hydrogens is 503 g/mol. The Balaban J connectivity index is 1.45. The molecule has 0 bridgehead atoms. The van der Waals surface area contributed by atoms with E-state index in [0.29, 0.717) is 0 Å². The number of nitrogens with one attached hydrogen (secondary N) is 1. The van der Waals surface area contributed by atoms with Gasteiger partial charge in [-0.05, 0) is 37.4 Å². The molecule has 3 aromatic rings. The van der Waals surface area contributed by atoms with Crippen molar-refractivity contribution in [3.8, 4) is 17.2 Å². The van der Waals surface area contributed by atoms with Crippen LogP contribution in [0.2, 0.25) is 5.02 Å². The summed E-state index contributed by atoms with van der Waals surface area (Å²) in [7, 11) is 2.02. The van der Waals surface area contributed by atoms with Crippen LogP contribution in [0.5, 0.6) is 5.75 Å². The normalized spacial score (nSPS) is 15.2. The molecule has 1 aliphatic rings. The number of phenolic OH excluding ortho intramolecular Hbond substituents is 1. The molecule has 4 rings (SSSR count). The number of phenols is 1. The average molecular weight is 526 g/mol. The summed E-state index contributed by atoms with van der Waals surface area (Å²) < 4.78 is 44.3. The molecule has 13 heteroatoms. The average Bonchev–Trinajstić information content (AvgIpc) is 3.18. The second-order valence-electron chi connectivity index (χ2n) is 8.49. The first-order valence-electron chi connectivity index (χ1n) is 11.0. The molecule has 2 heterocycles. The largest absolute Gasteiger partial charge is 0.508 e. The third kappa shape index (κ3) is 6.07. The van der Waals surface area contributed by atoms with Crippen LogP contribution in [0.1, 0.15) is 11.1 Å². The summed E-state index contributed by atoms with van der Waals surface area (Å²) in [6.07, 6.45) is -4.49. The number of hydrogen-bond donors (Lipinski definition) is 2. The number of rotatable bonds is 6. The van der Waals surface area contributed by atoms with Crippen molar-refractivity contribution in [1.82, 2.24) is 19.6 Å². The lowest BCUT2D eigenvalue weighted by Gasteiger charge is -2.31. The molecule has 1 amide bonds. The van der Waals surface area contributed by atoms with Crippen molar-refractivity contribution >= 4 is 23.2 Å². The first kappa shape index (κ1) is 25.7. The van der Waals surface area contributed by atoms with Gasteiger partial charge in [0, 0.05) is 43.4 Å². The molecule has 0 spiro atoms. The van der Waals surface area contributed by atoms with Gasteiger partial charge in [-0.3, -0.25) is 9.69 Å². The molecule has 1 aromatic heterocycles. The van der Waals surface area contributed by atoms with E-state index in [1.54, 1.807) is 0 Å². The number of likely N-dealkylation sites (N-methyl/N-ethyl adjacent to an activating group) is 1. The van der Waals surface area contributed by atoms with Gasteiger partial charge in [-0.15, -0.1) is 5.10 Å². The lowest BCUT2D eigenvalue weighted by Crippen LogP contribution is -2.47. The van der Waals surface area contributed by atoms with Crippen LogP contribution < -0.4 is 11.1 Å². The Morgan fingerprint density at radius 2 is 1.83 bits per heavy atom. The highest BCUT2D eigenvalue weighted by molar-refractivity contribution is 6.33. The van der Waals surface area contributed by atoms with E-state index in [9.17, 15) is 27.9 Å². The van der Waals surface area contributed by atoms with Crippen molar-refractivity contribution < 1.29 is 27.5 Å². The SMILES string of the molecule is CN1CCN(CC(=O)Nc2cc(O)c(Cn3nc(-c4ccc(C(F)(F)F)cc4)oc3=O)cc2Cl)CC1. The quantitative estimate of drug-likeness (QED) is 0.509. The van der Waals surface area contributed by atoms with Gasteiger partial charge in [-0.2, -0.15) is 17.9 Å². The summed E-state index contributed by atoms with van der Waals surface area (Å²) in [4.78, 5) is 28.9. The fourth-order valence-electron chi connectivity index (χ4n) is 3.71. The number of amides is 1. The van der Waals surface area contributed by atoms with Crippen LogP contribution in [-0.2, 0) is 17.5 Å². The maximum atomic E-state index is 12.8. The second kappa shape index (κ2) is 10.3. The molecule has 36 heavy (non-hydrogen) atoms. The smallest absolute Gasteiger partial charge is 0.437 e. The Hall–Kier alpha value is -3.35. The Bertz CT molecular complexity index is 1300. The molecule has 0 aliphatic carbocycles. The molecule has 1 aliphatic heterocycles. The van der Waals surface area contributed by atoms with Crippen LogP contribution in [0, 0.1) is 0 Å². The number of aromatic nitrogens is 2. The maximum Gasteiger partial charge on any atom is 0.437 e. The lowest BCUT2D eigenvalue weighted by atomic mass is 10.1. The van der Waals surface area contributed by atoms with Crippen molar-refractivity contribution in [2.75, 3.05) is 45.1 Å². The zero-order chi connectivity index (χ0) is 26.0. The number of halogens is 4. The number of hydrogen-bond acceptors (Lipinski definition) is 7. The van der Waals surface area contributed by atoms with Crippen LogP contribution in [0.25, 0.3) is 11.5 Å². The van der Waals surface area contributed by atoms with Crippen LogP contribution in [0.4, 0.5) is 18.9 Å². The van der Waals surface area contributed by atoms with Gasteiger partial charge in [0.15, 0.2) is 0 Å². The minimum atomic E-state index is -4.49. The van der Waals surface area contributed by atoms with E-state index in [0.717, 1.165) is 55.1 Å². The summed E-state index contributed by atoms with van der Waals surface area (Å²) in [6, 6.07) is 6.68. The minimum Gasteiger partial charge on any atom is -0.508 e. The summed E-state index contributed by atoms with van der Waals surface area (Å²) in [5, 5.41) is 17.3. The summed E-state index contributed by atoms with van der Waals surface area (Å²) >= 11 is 6.30. The van der Waals surface area contributed by atoms with Crippen molar-refractivity contribution in [1.29, 1.82) is 0 Å². The van der Waals surface area contributed by atoms with Crippen LogP contribution in [0.3, 0.4) is 0 Å². The first-order valence-corrected chi connectivity index (χ1v) is 11.3. The van der Waals surface area contributed by atoms with Gasteiger partial charge >= 0.3 is 11.9 Å². The number of alkyl halides is 3. The standard InChI is InChI=1S/C23H23ClF3N5O4/c1-30-6-8-31(9-7-30)13-20(34)28-18-11-19(33)15(10-17(18)24)12-32-22(35)36-21(29-32)14-2-4-16(5-3-14)23(25,26)27/h2-5,10-11,33H,6-9,12-13H2,1H3,(H,28,34). The van der Waals surface area contributed by atoms with Gasteiger partial charge in [0.1, 0.15) is 5.75 Å². The van der Waals surface area contributed by atoms with Gasteiger partial charge in [-0.1, -0.05) is 11.6 Å². The third-order valence-corrected chi connectivity index (χ3v) is 6.10. The molecule has 0 radical (unpaired) electrons. The molecule has 9 nitrogen and oxygen atoms in total. The fraction of sp³-hybridized carbons (Fsp3) is 0.348. The lowest BCUT2D eigenvalue weighted by molar-refractivity contribution is -0.137. The molecule has 192 valence electrons. The molecule has 0 unspecified atom stereocenters. The Morgan fingerprint density at radius 3 is 2.47 bits per heavy atom. The van der Waals surface area contributed by atoms with E-state index < -0.39 is 17.5 Å². The maximum absolute atomic E-state index is 12.8. The van der Waals surface area contributed by atoms with Gasteiger partial charge in [0.05, 0.1) is 29.4 Å². The second-order valence-corrected chi connectivity index (χ2v) is 8.90. The number of piperazine rings is 1. The Morgan fingerprint density at radius 1 is 1.17 bits per heavy atom. The fourth-order valence-corrected chi connectivity index (χ4v) is 3.94. The summed E-state index contributed by atoms with van der Waals surface area (Å²) in [6.45, 7) is 3.24. The monoisotopic (exact) mass is 525 g/mol. The molecular formula is C23H23ClF3N5O4. The van der Waals surface area contributed by atoms with E-state index in [2.05, 4.69) is 15.3 Å². The van der Waals surface area contributed by atoms with Crippen LogP contribution in [-0.4, -0.2) is 70.4 Å². The summed E-state index contributed by atoms with van der Waals surface area (Å²) in [5.74, 6) is -1.56. The Kier molecular flexibility index (Phi) is 7.38. The molecule has 1 saturated heterocycles. The predicted molar refractivity (Wildman–Crippen MR) is 126 cm³/mol. The number of benzene rings is 2. The van der Waals surface area contributed by atoms with E-state index >= 15 is 0 Å². The topological polar surface area (TPSA) is 104 Å². The van der Waals surface area contributed by atoms with Crippen molar-refractivity contribution in [2.45, 2.75) is 12.7 Å². The predicted octanol–water partition coefficient (Wildman–Crippen LogP) is 3.12. The number of nitrogens with zero attached hydrogens (tertiary/aromatic N) is 4. The molecule has 2 N–H and O–H groups in total. The van der Waals surface area contributed by atoms with Gasteiger partial charge in [0.2, 0.25) is 11.8 Å². The van der Waals surface area contributed by atoms with E-state index in [1.807, 2.05) is 11.9 Å². The van der Waals surface area contributed by atoms with Crippen LogP contribution in [0.15, 0.2) is 45.6 Å². The van der Waals surface area contributed by atoms with E-state index in [4.69, 9.17) is 16.0 Å². The number of carbonyl (C=O) groups is 1. The number of anilines is 1. The van der Waals surface area contributed by atoms with Crippen molar-refractivity contribution in [3.05, 3.63) is 63.1 Å². The highest BCUT2D eigenvalue weighted by Crippen LogP contribution is 2.32. The zero-order valence-electron chi connectivity index (χ0n) is 19.2. The molecule has 0 saturated carbocycles. The Labute approximate surface area is 208 Å². The number of carbonyl (C=O) groups excluding carboxylic acids is 1. The zero-order valence-corrected chi connectivity index (χ0v) is 19.9. The van der Waals surface area contributed by atoms with E-state index in [-0.39, 0.29) is 52.5 Å². The molecule has 1 fully saturated rings. The van der Waals surface area contributed by atoms with Crippen molar-refractivity contribution in [2.24, 2.45) is 0 Å². The number of aromatic hydroxyl groups is 1. The summed E-state index contributed by atoms with van der Waals surface area (Å²) in [5.41, 5.74) is -0.218. The minimum absolute atomic E-state index is 0.147. The molecule has 2 aromatic carbocycles. The van der Waals surface area contributed by atoms with Gasteiger partial charge in [-0.25, -0.2) is 4.79 Å². The van der Waals surface area contributed by atoms with E-state index in [1.165, 1.54) is 12.1 Å². The van der Waals surface area contributed by atoms with Crippen LogP contribution >= 0.6 is 11.6 Å². The highest BCUT2D eigenvalue weighted by atomic mass is 35.5. The first-order chi connectivity index (χ1) is 17.0. The third-order valence-electron chi connectivity index (χ3n) is 5.79. The van der Waals surface area contributed by atoms with Crippen molar-refractivity contribution in [3.63, 3.8) is 0 Å².